The molecule has 2 aromatic rings. The van der Waals surface area contributed by atoms with Gasteiger partial charge in [-0.1, -0.05) is 23.7 Å². The van der Waals surface area contributed by atoms with Gasteiger partial charge in [0.05, 0.1) is 12.6 Å². The predicted molar refractivity (Wildman–Crippen MR) is 99.8 cm³/mol. The van der Waals surface area contributed by atoms with Gasteiger partial charge in [-0.15, -0.1) is 0 Å². The summed E-state index contributed by atoms with van der Waals surface area (Å²) in [4.78, 5) is 14.5. The molecule has 0 aromatic heterocycles. The standard InChI is InChI=1S/C20H17ClFN3O3/c21-14-2-1-3-15(22)13(14)10-24-6-7-25-17(20(24)26)9-16(23-25)12-4-5-18-19(8-12)28-11-27-18/h1-8,16-17,23H,9-11H2. The van der Waals surface area contributed by atoms with E-state index in [9.17, 15) is 9.18 Å². The Morgan fingerprint density at radius 2 is 2.04 bits per heavy atom. The molecule has 1 amide bonds. The minimum atomic E-state index is -0.418. The summed E-state index contributed by atoms with van der Waals surface area (Å²) in [7, 11) is 0. The van der Waals surface area contributed by atoms with Crippen LogP contribution in [0.3, 0.4) is 0 Å². The van der Waals surface area contributed by atoms with Crippen molar-refractivity contribution >= 4 is 17.5 Å². The summed E-state index contributed by atoms with van der Waals surface area (Å²) in [5.74, 6) is 0.918. The number of ether oxygens (including phenoxy) is 2. The van der Waals surface area contributed by atoms with Crippen molar-refractivity contribution in [3.05, 3.63) is 70.8 Å². The van der Waals surface area contributed by atoms with E-state index in [4.69, 9.17) is 21.1 Å². The van der Waals surface area contributed by atoms with Crippen LogP contribution in [0.5, 0.6) is 11.5 Å². The minimum Gasteiger partial charge on any atom is -0.454 e. The van der Waals surface area contributed by atoms with E-state index in [1.165, 1.54) is 11.0 Å². The third kappa shape index (κ3) is 2.87. The Morgan fingerprint density at radius 1 is 1.18 bits per heavy atom. The molecule has 1 N–H and O–H groups in total. The molecule has 3 aliphatic heterocycles. The fraction of sp³-hybridized carbons (Fsp3) is 0.250. The van der Waals surface area contributed by atoms with Crippen LogP contribution in [-0.4, -0.2) is 28.7 Å². The van der Waals surface area contributed by atoms with E-state index in [0.29, 0.717) is 22.8 Å². The number of nitrogens with zero attached hydrogens (tertiary/aromatic N) is 2. The molecule has 3 aliphatic rings. The second-order valence-corrected chi connectivity index (χ2v) is 7.32. The molecule has 0 radical (unpaired) electrons. The maximum atomic E-state index is 14.1. The summed E-state index contributed by atoms with van der Waals surface area (Å²) >= 11 is 6.11. The number of amides is 1. The van der Waals surface area contributed by atoms with Gasteiger partial charge in [0.2, 0.25) is 6.79 Å². The molecule has 2 aromatic carbocycles. The minimum absolute atomic E-state index is 0.0369. The Morgan fingerprint density at radius 3 is 2.89 bits per heavy atom. The molecule has 0 bridgehead atoms. The highest BCUT2D eigenvalue weighted by molar-refractivity contribution is 6.31. The Hall–Kier alpha value is -2.77. The van der Waals surface area contributed by atoms with E-state index >= 15 is 0 Å². The Kier molecular flexibility index (Phi) is 4.14. The van der Waals surface area contributed by atoms with Crippen LogP contribution in [0.1, 0.15) is 23.6 Å². The zero-order valence-electron chi connectivity index (χ0n) is 14.8. The molecular formula is C20H17ClFN3O3. The highest BCUT2D eigenvalue weighted by Crippen LogP contribution is 2.38. The van der Waals surface area contributed by atoms with Gasteiger partial charge in [-0.05, 0) is 36.2 Å². The van der Waals surface area contributed by atoms with Crippen molar-refractivity contribution in [3.63, 3.8) is 0 Å². The summed E-state index contributed by atoms with van der Waals surface area (Å²) < 4.78 is 24.9. The number of halogens is 2. The van der Waals surface area contributed by atoms with Gasteiger partial charge in [-0.3, -0.25) is 4.79 Å². The third-order valence-electron chi connectivity index (χ3n) is 5.26. The van der Waals surface area contributed by atoms with E-state index in [2.05, 4.69) is 5.43 Å². The summed E-state index contributed by atoms with van der Waals surface area (Å²) in [5, 5.41) is 2.11. The van der Waals surface area contributed by atoms with Crippen molar-refractivity contribution in [1.82, 2.24) is 15.3 Å². The van der Waals surface area contributed by atoms with Crippen molar-refractivity contribution in [2.45, 2.75) is 25.0 Å². The van der Waals surface area contributed by atoms with Crippen LogP contribution >= 0.6 is 11.6 Å². The lowest BCUT2D eigenvalue weighted by Gasteiger charge is -2.32. The zero-order valence-corrected chi connectivity index (χ0v) is 15.5. The van der Waals surface area contributed by atoms with Gasteiger partial charge >= 0.3 is 0 Å². The van der Waals surface area contributed by atoms with Gasteiger partial charge in [0.15, 0.2) is 11.5 Å². The van der Waals surface area contributed by atoms with Crippen LogP contribution in [0.2, 0.25) is 5.02 Å². The first-order chi connectivity index (χ1) is 13.6. The van der Waals surface area contributed by atoms with E-state index in [-0.39, 0.29) is 31.3 Å². The number of hydrazine groups is 1. The normalized spacial score (nSPS) is 22.7. The first kappa shape index (κ1) is 17.3. The fourth-order valence-corrected chi connectivity index (χ4v) is 3.99. The van der Waals surface area contributed by atoms with Crippen LogP contribution in [0.15, 0.2) is 48.8 Å². The number of benzene rings is 2. The van der Waals surface area contributed by atoms with Crippen LogP contribution in [0.25, 0.3) is 0 Å². The predicted octanol–water partition coefficient (Wildman–Crippen LogP) is 3.34. The molecule has 2 unspecified atom stereocenters. The lowest BCUT2D eigenvalue weighted by Crippen LogP contribution is -2.47. The van der Waals surface area contributed by atoms with Gasteiger partial charge < -0.3 is 19.4 Å². The van der Waals surface area contributed by atoms with Crippen molar-refractivity contribution in [2.75, 3.05) is 6.79 Å². The van der Waals surface area contributed by atoms with Crippen LogP contribution < -0.4 is 14.9 Å². The highest BCUT2D eigenvalue weighted by atomic mass is 35.5. The van der Waals surface area contributed by atoms with Crippen LogP contribution in [-0.2, 0) is 11.3 Å². The second kappa shape index (κ2) is 6.68. The Bertz CT molecular complexity index is 963. The largest absolute Gasteiger partial charge is 0.454 e. The molecule has 1 fully saturated rings. The quantitative estimate of drug-likeness (QED) is 0.855. The van der Waals surface area contributed by atoms with Gasteiger partial charge in [-0.2, -0.15) is 0 Å². The molecular weight excluding hydrogens is 385 g/mol. The molecule has 0 spiro atoms. The second-order valence-electron chi connectivity index (χ2n) is 6.92. The van der Waals surface area contributed by atoms with Gasteiger partial charge in [0.1, 0.15) is 11.9 Å². The fourth-order valence-electron chi connectivity index (χ4n) is 3.77. The monoisotopic (exact) mass is 401 g/mol. The first-order valence-electron chi connectivity index (χ1n) is 8.96. The Balaban J connectivity index is 1.34. The molecule has 0 saturated carbocycles. The summed E-state index contributed by atoms with van der Waals surface area (Å²) in [6.07, 6.45) is 4.04. The molecule has 6 nitrogen and oxygen atoms in total. The van der Waals surface area contributed by atoms with Crippen molar-refractivity contribution < 1.29 is 18.7 Å². The van der Waals surface area contributed by atoms with Crippen molar-refractivity contribution in [1.29, 1.82) is 0 Å². The summed E-state index contributed by atoms with van der Waals surface area (Å²) in [6.45, 7) is 0.320. The van der Waals surface area contributed by atoms with Gasteiger partial charge in [0, 0.05) is 23.0 Å². The van der Waals surface area contributed by atoms with Crippen LogP contribution in [0.4, 0.5) is 4.39 Å². The number of rotatable bonds is 3. The third-order valence-corrected chi connectivity index (χ3v) is 5.62. The molecule has 8 heteroatoms. The topological polar surface area (TPSA) is 54.0 Å². The average molecular weight is 402 g/mol. The van der Waals surface area contributed by atoms with Crippen molar-refractivity contribution in [3.8, 4) is 11.5 Å². The SMILES string of the molecule is O=C1C2CC(c3ccc4c(c3)OCO4)NN2C=CN1Cc1c(F)cccc1Cl. The number of carbonyl (C=O) groups is 1. The molecule has 144 valence electrons. The number of nitrogens with one attached hydrogen (secondary N) is 1. The van der Waals surface area contributed by atoms with Gasteiger partial charge in [-0.25, -0.2) is 9.82 Å². The molecule has 3 heterocycles. The number of hydrogen-bond acceptors (Lipinski definition) is 5. The zero-order chi connectivity index (χ0) is 19.3. The lowest BCUT2D eigenvalue weighted by atomic mass is 10.0. The molecule has 5 rings (SSSR count). The average Bonchev–Trinajstić information content (AvgIpc) is 3.33. The smallest absolute Gasteiger partial charge is 0.251 e. The van der Waals surface area contributed by atoms with Gasteiger partial charge in [0.25, 0.3) is 5.91 Å². The maximum absolute atomic E-state index is 14.1. The van der Waals surface area contributed by atoms with Crippen molar-refractivity contribution in [2.24, 2.45) is 0 Å². The van der Waals surface area contributed by atoms with E-state index in [1.807, 2.05) is 18.2 Å². The lowest BCUT2D eigenvalue weighted by molar-refractivity contribution is -0.135. The molecule has 1 saturated heterocycles. The Labute approximate surface area is 166 Å². The molecule has 0 aliphatic carbocycles. The van der Waals surface area contributed by atoms with E-state index in [0.717, 1.165) is 11.3 Å². The van der Waals surface area contributed by atoms with E-state index in [1.54, 1.807) is 29.5 Å². The first-order valence-corrected chi connectivity index (χ1v) is 9.34. The molecule has 2 atom stereocenters. The maximum Gasteiger partial charge on any atom is 0.251 e. The van der Waals surface area contributed by atoms with E-state index < -0.39 is 5.82 Å². The van der Waals surface area contributed by atoms with Crippen LogP contribution in [0, 0.1) is 5.82 Å². The number of hydrogen-bond donors (Lipinski definition) is 1. The number of carbonyl (C=O) groups excluding carboxylic acids is 1. The molecule has 28 heavy (non-hydrogen) atoms. The number of fused-ring (bicyclic) bond motifs is 2. The highest BCUT2D eigenvalue weighted by Gasteiger charge is 2.40. The summed E-state index contributed by atoms with van der Waals surface area (Å²) in [6, 6.07) is 9.89. The summed E-state index contributed by atoms with van der Waals surface area (Å²) in [5.41, 5.74) is 4.67.